The molecule has 0 unspecified atom stereocenters. The zero-order valence-corrected chi connectivity index (χ0v) is 18.2. The van der Waals surface area contributed by atoms with Crippen LogP contribution in [0.2, 0.25) is 5.02 Å². The fraction of sp³-hybridized carbons (Fsp3) is 0.350. The summed E-state index contributed by atoms with van der Waals surface area (Å²) in [6.45, 7) is 2.69. The molecule has 3 rings (SSSR count). The predicted octanol–water partition coefficient (Wildman–Crippen LogP) is 2.46. The molecule has 1 N–H and O–H groups in total. The van der Waals surface area contributed by atoms with Gasteiger partial charge in [0.15, 0.2) is 11.5 Å². The molecule has 1 amide bonds. The van der Waals surface area contributed by atoms with Crippen LogP contribution in [0.1, 0.15) is 6.92 Å². The highest BCUT2D eigenvalue weighted by Crippen LogP contribution is 2.35. The van der Waals surface area contributed by atoms with Gasteiger partial charge < -0.3 is 19.5 Å². The molecule has 0 fully saturated rings. The van der Waals surface area contributed by atoms with E-state index in [0.717, 1.165) is 10.6 Å². The minimum absolute atomic E-state index is 0.186. The molecule has 2 aromatic rings. The van der Waals surface area contributed by atoms with E-state index in [1.54, 1.807) is 42.5 Å². The first-order valence-electron chi connectivity index (χ1n) is 9.31. The van der Waals surface area contributed by atoms with Gasteiger partial charge in [0, 0.05) is 6.07 Å². The van der Waals surface area contributed by atoms with Gasteiger partial charge in [0.25, 0.3) is 0 Å². The molecule has 0 bridgehead atoms. The molecular formula is C20H23ClN2O6S. The van der Waals surface area contributed by atoms with E-state index in [9.17, 15) is 13.2 Å². The molecule has 30 heavy (non-hydrogen) atoms. The zero-order valence-electron chi connectivity index (χ0n) is 16.6. The third-order valence-electron chi connectivity index (χ3n) is 4.36. The number of benzene rings is 2. The van der Waals surface area contributed by atoms with E-state index in [-0.39, 0.29) is 13.2 Å². The molecule has 1 aliphatic heterocycles. The first-order chi connectivity index (χ1) is 14.3. The smallest absolute Gasteiger partial charge is 0.243 e. The Hall–Kier alpha value is -2.65. The van der Waals surface area contributed by atoms with Gasteiger partial charge in [-0.25, -0.2) is 8.42 Å². The molecule has 1 atom stereocenters. The Morgan fingerprint density at radius 1 is 1.20 bits per heavy atom. The summed E-state index contributed by atoms with van der Waals surface area (Å²) >= 11 is 6.02. The number of carbonyl (C=O) groups excluding carboxylic acids is 1. The maximum atomic E-state index is 12.6. The van der Waals surface area contributed by atoms with Crippen molar-refractivity contribution in [2.75, 3.05) is 36.9 Å². The molecule has 0 radical (unpaired) electrons. The van der Waals surface area contributed by atoms with Gasteiger partial charge in [-0.05, 0) is 31.2 Å². The number of hydrogen-bond donors (Lipinski definition) is 1. The Labute approximate surface area is 180 Å². The number of rotatable bonds is 8. The lowest BCUT2D eigenvalue weighted by molar-refractivity contribution is -0.121. The topological polar surface area (TPSA) is 94.2 Å². The predicted molar refractivity (Wildman–Crippen MR) is 114 cm³/mol. The Kier molecular flexibility index (Phi) is 6.94. The Morgan fingerprint density at radius 3 is 2.60 bits per heavy atom. The highest BCUT2D eigenvalue weighted by molar-refractivity contribution is 7.92. The van der Waals surface area contributed by atoms with Crippen molar-refractivity contribution < 1.29 is 27.4 Å². The van der Waals surface area contributed by atoms with Crippen LogP contribution in [0.4, 0.5) is 5.69 Å². The van der Waals surface area contributed by atoms with Crippen LogP contribution in [0, 0.1) is 0 Å². The van der Waals surface area contributed by atoms with Crippen LogP contribution < -0.4 is 23.8 Å². The van der Waals surface area contributed by atoms with Gasteiger partial charge in [-0.3, -0.25) is 9.10 Å². The van der Waals surface area contributed by atoms with Crippen molar-refractivity contribution in [1.82, 2.24) is 5.32 Å². The number of sulfonamides is 1. The number of anilines is 1. The quantitative estimate of drug-likeness (QED) is 0.616. The average molecular weight is 455 g/mol. The van der Waals surface area contributed by atoms with Gasteiger partial charge in [0.05, 0.1) is 23.5 Å². The van der Waals surface area contributed by atoms with Crippen molar-refractivity contribution in [3.05, 3.63) is 47.5 Å². The molecule has 0 saturated carbocycles. The van der Waals surface area contributed by atoms with Crippen molar-refractivity contribution in [3.63, 3.8) is 0 Å². The van der Waals surface area contributed by atoms with Gasteiger partial charge in [-0.2, -0.15) is 0 Å². The SMILES string of the molecule is C[C@H](C(=O)NCCOc1ccccc1Cl)N(c1ccc2c(c1)OCCO2)S(C)(=O)=O. The summed E-state index contributed by atoms with van der Waals surface area (Å²) in [6, 6.07) is 10.8. The number of carbonyl (C=O) groups is 1. The Balaban J connectivity index is 1.66. The lowest BCUT2D eigenvalue weighted by atomic mass is 10.2. The van der Waals surface area contributed by atoms with Crippen molar-refractivity contribution in [2.24, 2.45) is 0 Å². The first kappa shape index (κ1) is 22.0. The fourth-order valence-corrected chi connectivity index (χ4v) is 4.38. The third kappa shape index (κ3) is 5.28. The van der Waals surface area contributed by atoms with Crippen LogP contribution in [-0.4, -0.2) is 53.0 Å². The molecule has 0 aliphatic carbocycles. The maximum Gasteiger partial charge on any atom is 0.243 e. The van der Waals surface area contributed by atoms with Crippen LogP contribution in [0.15, 0.2) is 42.5 Å². The standard InChI is InChI=1S/C20H23ClN2O6S/c1-14(20(24)22-9-10-27-17-6-4-3-5-16(17)21)23(30(2,25)26)15-7-8-18-19(13-15)29-12-11-28-18/h3-8,13-14H,9-12H2,1-2H3,(H,22,24)/t14-/m1/s1. The number of fused-ring (bicyclic) bond motifs is 1. The summed E-state index contributed by atoms with van der Waals surface area (Å²) in [5, 5.41) is 3.16. The molecule has 8 nitrogen and oxygen atoms in total. The van der Waals surface area contributed by atoms with E-state index in [0.29, 0.717) is 41.2 Å². The summed E-state index contributed by atoms with van der Waals surface area (Å²) in [4.78, 5) is 12.6. The minimum atomic E-state index is -3.74. The van der Waals surface area contributed by atoms with Gasteiger partial charge in [0.1, 0.15) is 31.6 Å². The number of hydrogen-bond acceptors (Lipinski definition) is 6. The van der Waals surface area contributed by atoms with Crippen LogP contribution in [0.3, 0.4) is 0 Å². The van der Waals surface area contributed by atoms with Crippen molar-refractivity contribution in [2.45, 2.75) is 13.0 Å². The van der Waals surface area contributed by atoms with Gasteiger partial charge in [0.2, 0.25) is 15.9 Å². The normalized spacial score (nSPS) is 14.0. The molecule has 10 heteroatoms. The van der Waals surface area contributed by atoms with Crippen molar-refractivity contribution in [1.29, 1.82) is 0 Å². The molecular weight excluding hydrogens is 432 g/mol. The van der Waals surface area contributed by atoms with Crippen LogP contribution >= 0.6 is 11.6 Å². The van der Waals surface area contributed by atoms with Gasteiger partial charge in [-0.15, -0.1) is 0 Å². The van der Waals surface area contributed by atoms with E-state index >= 15 is 0 Å². The van der Waals surface area contributed by atoms with Crippen LogP contribution in [0.25, 0.3) is 0 Å². The summed E-state index contributed by atoms with van der Waals surface area (Å²) in [5.41, 5.74) is 0.316. The van der Waals surface area contributed by atoms with Gasteiger partial charge in [-0.1, -0.05) is 23.7 Å². The van der Waals surface area contributed by atoms with E-state index in [1.807, 2.05) is 0 Å². The molecule has 2 aromatic carbocycles. The van der Waals surface area contributed by atoms with E-state index in [2.05, 4.69) is 5.32 Å². The van der Waals surface area contributed by atoms with Crippen molar-refractivity contribution in [3.8, 4) is 17.2 Å². The third-order valence-corrected chi connectivity index (χ3v) is 5.92. The number of ether oxygens (including phenoxy) is 3. The Morgan fingerprint density at radius 2 is 1.90 bits per heavy atom. The average Bonchev–Trinajstić information content (AvgIpc) is 2.71. The molecule has 0 aromatic heterocycles. The van der Waals surface area contributed by atoms with Crippen LogP contribution in [0.5, 0.6) is 17.2 Å². The molecule has 162 valence electrons. The highest BCUT2D eigenvalue weighted by Gasteiger charge is 2.30. The van der Waals surface area contributed by atoms with Gasteiger partial charge >= 0.3 is 0 Å². The second kappa shape index (κ2) is 9.44. The number of halogens is 1. The van der Waals surface area contributed by atoms with Crippen LogP contribution in [-0.2, 0) is 14.8 Å². The summed E-state index contributed by atoms with van der Waals surface area (Å²) < 4.78 is 42.4. The lowest BCUT2D eigenvalue weighted by Crippen LogP contribution is -2.48. The lowest BCUT2D eigenvalue weighted by Gasteiger charge is -2.29. The Bertz CT molecular complexity index is 1010. The molecule has 0 saturated heterocycles. The minimum Gasteiger partial charge on any atom is -0.490 e. The highest BCUT2D eigenvalue weighted by atomic mass is 35.5. The van der Waals surface area contributed by atoms with E-state index < -0.39 is 22.0 Å². The second-order valence-electron chi connectivity index (χ2n) is 6.63. The van der Waals surface area contributed by atoms with E-state index in [4.69, 9.17) is 25.8 Å². The number of nitrogens with one attached hydrogen (secondary N) is 1. The van der Waals surface area contributed by atoms with E-state index in [1.165, 1.54) is 6.92 Å². The monoisotopic (exact) mass is 454 g/mol. The second-order valence-corrected chi connectivity index (χ2v) is 8.90. The van der Waals surface area contributed by atoms with Crippen molar-refractivity contribution >= 4 is 33.2 Å². The summed E-state index contributed by atoms with van der Waals surface area (Å²) in [7, 11) is -3.74. The number of amides is 1. The number of para-hydroxylation sites is 1. The number of nitrogens with zero attached hydrogens (tertiary/aromatic N) is 1. The first-order valence-corrected chi connectivity index (χ1v) is 11.5. The maximum absolute atomic E-state index is 12.6. The summed E-state index contributed by atoms with van der Waals surface area (Å²) in [5.74, 6) is 1.02. The largest absolute Gasteiger partial charge is 0.490 e. The molecule has 1 aliphatic rings. The molecule has 1 heterocycles. The fourth-order valence-electron chi connectivity index (χ4n) is 3.02. The summed E-state index contributed by atoms with van der Waals surface area (Å²) in [6.07, 6.45) is 1.05. The zero-order chi connectivity index (χ0) is 21.7. The molecule has 0 spiro atoms.